The molecule has 2 aromatic rings. The van der Waals surface area contributed by atoms with Gasteiger partial charge in [-0.3, -0.25) is 19.4 Å². The molecule has 2 aliphatic rings. The molecular weight excluding hydrogens is 418 g/mol. The zero-order chi connectivity index (χ0) is 23.6. The first kappa shape index (κ1) is 23.1. The Kier molecular flexibility index (Phi) is 6.61. The first-order valence-electron chi connectivity index (χ1n) is 11.5. The SMILES string of the molecule is COc1ccc2c(c1)C(=O)N(CCCN1CCN(c3ccccc3OC)CC1)C(=O)C2(C)C. The molecule has 0 radical (unpaired) electrons. The number of hydrogen-bond donors (Lipinski definition) is 0. The zero-order valence-electron chi connectivity index (χ0n) is 20.0. The molecule has 7 nitrogen and oxygen atoms in total. The molecule has 1 saturated heterocycles. The Labute approximate surface area is 195 Å². The van der Waals surface area contributed by atoms with Crippen molar-refractivity contribution >= 4 is 17.5 Å². The summed E-state index contributed by atoms with van der Waals surface area (Å²) < 4.78 is 10.8. The van der Waals surface area contributed by atoms with E-state index >= 15 is 0 Å². The highest BCUT2D eigenvalue weighted by Gasteiger charge is 2.44. The molecule has 0 aliphatic carbocycles. The smallest absolute Gasteiger partial charge is 0.260 e. The average molecular weight is 452 g/mol. The van der Waals surface area contributed by atoms with E-state index in [0.29, 0.717) is 17.9 Å². The minimum atomic E-state index is -0.740. The van der Waals surface area contributed by atoms with E-state index < -0.39 is 5.41 Å². The third kappa shape index (κ3) is 4.42. The summed E-state index contributed by atoms with van der Waals surface area (Å²) in [4.78, 5) is 32.5. The monoisotopic (exact) mass is 451 g/mol. The number of anilines is 1. The van der Waals surface area contributed by atoms with Gasteiger partial charge < -0.3 is 14.4 Å². The summed E-state index contributed by atoms with van der Waals surface area (Å²) >= 11 is 0. The van der Waals surface area contributed by atoms with Crippen molar-refractivity contribution in [3.8, 4) is 11.5 Å². The summed E-state index contributed by atoms with van der Waals surface area (Å²) in [6.07, 6.45) is 0.752. The molecule has 0 aromatic heterocycles. The number of amides is 2. The van der Waals surface area contributed by atoms with E-state index in [1.165, 1.54) is 4.90 Å². The molecule has 1 fully saturated rings. The van der Waals surface area contributed by atoms with Gasteiger partial charge in [-0.15, -0.1) is 0 Å². The van der Waals surface area contributed by atoms with E-state index in [0.717, 1.165) is 56.1 Å². The van der Waals surface area contributed by atoms with Crippen molar-refractivity contribution in [1.82, 2.24) is 9.80 Å². The molecule has 2 aromatic carbocycles. The van der Waals surface area contributed by atoms with Crippen molar-refractivity contribution in [2.75, 3.05) is 58.4 Å². The molecule has 2 amide bonds. The number of imide groups is 1. The second-order valence-electron chi connectivity index (χ2n) is 9.15. The van der Waals surface area contributed by atoms with Gasteiger partial charge in [0.1, 0.15) is 11.5 Å². The zero-order valence-corrected chi connectivity index (χ0v) is 20.0. The normalized spacial score (nSPS) is 18.3. The first-order chi connectivity index (χ1) is 15.9. The third-order valence-electron chi connectivity index (χ3n) is 6.81. The molecule has 176 valence electrons. The van der Waals surface area contributed by atoms with Crippen LogP contribution in [0.1, 0.15) is 36.2 Å². The second kappa shape index (κ2) is 9.43. The Morgan fingerprint density at radius 2 is 1.64 bits per heavy atom. The summed E-state index contributed by atoms with van der Waals surface area (Å²) in [5.41, 5.74) is 1.71. The molecule has 0 unspecified atom stereocenters. The van der Waals surface area contributed by atoms with E-state index in [9.17, 15) is 9.59 Å². The molecular formula is C26H33N3O4. The molecule has 0 spiro atoms. The molecule has 7 heteroatoms. The molecule has 0 atom stereocenters. The number of piperazine rings is 1. The van der Waals surface area contributed by atoms with Crippen LogP contribution >= 0.6 is 0 Å². The third-order valence-corrected chi connectivity index (χ3v) is 6.81. The van der Waals surface area contributed by atoms with Crippen LogP contribution in [0.5, 0.6) is 11.5 Å². The van der Waals surface area contributed by atoms with Crippen molar-refractivity contribution in [3.63, 3.8) is 0 Å². The summed E-state index contributed by atoms with van der Waals surface area (Å²) in [6.45, 7) is 8.75. The van der Waals surface area contributed by atoms with Gasteiger partial charge in [-0.25, -0.2) is 0 Å². The van der Waals surface area contributed by atoms with Crippen LogP contribution in [0.15, 0.2) is 42.5 Å². The number of carbonyl (C=O) groups excluding carboxylic acids is 2. The Hall–Kier alpha value is -3.06. The van der Waals surface area contributed by atoms with Gasteiger partial charge in [0.05, 0.1) is 25.3 Å². The van der Waals surface area contributed by atoms with Crippen LogP contribution in [0.2, 0.25) is 0 Å². The molecule has 0 bridgehead atoms. The van der Waals surface area contributed by atoms with Crippen molar-refractivity contribution in [2.24, 2.45) is 0 Å². The molecule has 0 N–H and O–H groups in total. The molecule has 33 heavy (non-hydrogen) atoms. The standard InChI is InChI=1S/C26H33N3O4/c1-26(2)21-11-10-19(32-3)18-20(21)24(30)29(25(26)31)13-7-12-27-14-16-28(17-15-27)22-8-5-6-9-23(22)33-4/h5-6,8-11,18H,7,12-17H2,1-4H3. The van der Waals surface area contributed by atoms with Crippen LogP contribution in [0.4, 0.5) is 5.69 Å². The van der Waals surface area contributed by atoms with Gasteiger partial charge in [-0.1, -0.05) is 18.2 Å². The van der Waals surface area contributed by atoms with E-state index in [1.54, 1.807) is 20.3 Å². The summed E-state index contributed by atoms with van der Waals surface area (Å²) in [5, 5.41) is 0. The lowest BCUT2D eigenvalue weighted by Crippen LogP contribution is -2.52. The predicted octanol–water partition coefficient (Wildman–Crippen LogP) is 3.18. The Balaban J connectivity index is 1.35. The molecule has 0 saturated carbocycles. The van der Waals surface area contributed by atoms with Crippen LogP contribution in [0.25, 0.3) is 0 Å². The van der Waals surface area contributed by atoms with E-state index in [-0.39, 0.29) is 11.8 Å². The molecule has 2 heterocycles. The van der Waals surface area contributed by atoms with Crippen molar-refractivity contribution in [3.05, 3.63) is 53.6 Å². The number of ether oxygens (including phenoxy) is 2. The Bertz CT molecular complexity index is 1030. The Morgan fingerprint density at radius 3 is 2.33 bits per heavy atom. The van der Waals surface area contributed by atoms with Gasteiger partial charge in [0, 0.05) is 38.3 Å². The minimum Gasteiger partial charge on any atom is -0.497 e. The number of carbonyl (C=O) groups is 2. The summed E-state index contributed by atoms with van der Waals surface area (Å²) in [5.74, 6) is 1.16. The number of rotatable bonds is 7. The number of fused-ring (bicyclic) bond motifs is 1. The van der Waals surface area contributed by atoms with Crippen LogP contribution in [-0.4, -0.2) is 75.1 Å². The van der Waals surface area contributed by atoms with Gasteiger partial charge in [0.25, 0.3) is 5.91 Å². The van der Waals surface area contributed by atoms with E-state index in [1.807, 2.05) is 44.2 Å². The van der Waals surface area contributed by atoms with Crippen LogP contribution in [-0.2, 0) is 10.2 Å². The highest BCUT2D eigenvalue weighted by atomic mass is 16.5. The van der Waals surface area contributed by atoms with Crippen LogP contribution in [0, 0.1) is 0 Å². The summed E-state index contributed by atoms with van der Waals surface area (Å²) in [7, 11) is 3.28. The van der Waals surface area contributed by atoms with Gasteiger partial charge in [-0.2, -0.15) is 0 Å². The number of para-hydroxylation sites is 2. The largest absolute Gasteiger partial charge is 0.497 e. The van der Waals surface area contributed by atoms with Crippen molar-refractivity contribution in [1.29, 1.82) is 0 Å². The van der Waals surface area contributed by atoms with Crippen molar-refractivity contribution < 1.29 is 19.1 Å². The maximum absolute atomic E-state index is 13.2. The fraction of sp³-hybridized carbons (Fsp3) is 0.462. The van der Waals surface area contributed by atoms with Gasteiger partial charge in [-0.05, 0) is 56.6 Å². The van der Waals surface area contributed by atoms with E-state index in [2.05, 4.69) is 15.9 Å². The maximum Gasteiger partial charge on any atom is 0.260 e. The number of hydrogen-bond acceptors (Lipinski definition) is 6. The Morgan fingerprint density at radius 1 is 0.909 bits per heavy atom. The maximum atomic E-state index is 13.2. The number of methoxy groups -OCH3 is 2. The highest BCUT2D eigenvalue weighted by Crippen LogP contribution is 2.36. The van der Waals surface area contributed by atoms with Crippen molar-refractivity contribution in [2.45, 2.75) is 25.7 Å². The lowest BCUT2D eigenvalue weighted by molar-refractivity contribution is -0.134. The van der Waals surface area contributed by atoms with Crippen LogP contribution < -0.4 is 14.4 Å². The summed E-state index contributed by atoms with van der Waals surface area (Å²) in [6, 6.07) is 13.5. The second-order valence-corrected chi connectivity index (χ2v) is 9.15. The molecule has 4 rings (SSSR count). The van der Waals surface area contributed by atoms with Crippen LogP contribution in [0.3, 0.4) is 0 Å². The van der Waals surface area contributed by atoms with Gasteiger partial charge in [0.2, 0.25) is 5.91 Å². The highest BCUT2D eigenvalue weighted by molar-refractivity contribution is 6.13. The minimum absolute atomic E-state index is 0.133. The fourth-order valence-corrected chi connectivity index (χ4v) is 4.82. The number of nitrogens with zero attached hydrogens (tertiary/aromatic N) is 3. The van der Waals surface area contributed by atoms with E-state index in [4.69, 9.17) is 9.47 Å². The first-order valence-corrected chi connectivity index (χ1v) is 11.5. The topological polar surface area (TPSA) is 62.3 Å². The van der Waals surface area contributed by atoms with Gasteiger partial charge >= 0.3 is 0 Å². The quantitative estimate of drug-likeness (QED) is 0.603. The molecule has 2 aliphatic heterocycles. The number of benzene rings is 2. The average Bonchev–Trinajstić information content (AvgIpc) is 2.85. The fourth-order valence-electron chi connectivity index (χ4n) is 4.82. The van der Waals surface area contributed by atoms with Gasteiger partial charge in [0.15, 0.2) is 0 Å². The predicted molar refractivity (Wildman–Crippen MR) is 128 cm³/mol. The lowest BCUT2D eigenvalue weighted by Gasteiger charge is -2.39. The lowest BCUT2D eigenvalue weighted by atomic mass is 9.77.